The predicted molar refractivity (Wildman–Crippen MR) is 74.3 cm³/mol. The topological polar surface area (TPSA) is 73.6 Å². The third-order valence-electron chi connectivity index (χ3n) is 3.06. The van der Waals surface area contributed by atoms with Crippen LogP contribution in [0.4, 0.5) is 0 Å². The summed E-state index contributed by atoms with van der Waals surface area (Å²) in [6.07, 6.45) is 0. The minimum atomic E-state index is -0.209. The molecule has 0 saturated carbocycles. The number of carbonyl (C=O) groups is 1. The van der Waals surface area contributed by atoms with Crippen molar-refractivity contribution in [3.8, 4) is 11.5 Å². The normalized spacial score (nSPS) is 13.5. The van der Waals surface area contributed by atoms with Gasteiger partial charge in [-0.2, -0.15) is 0 Å². The van der Waals surface area contributed by atoms with Crippen molar-refractivity contribution in [2.24, 2.45) is 11.7 Å². The fraction of sp³-hybridized carbons (Fsp3) is 0.500. The van der Waals surface area contributed by atoms with Gasteiger partial charge in [0.25, 0.3) is 0 Å². The van der Waals surface area contributed by atoms with Crippen molar-refractivity contribution >= 4 is 5.91 Å². The van der Waals surface area contributed by atoms with E-state index < -0.39 is 0 Å². The molecule has 0 aliphatic carbocycles. The molecule has 0 spiro atoms. The lowest BCUT2D eigenvalue weighted by atomic mass is 10.1. The van der Waals surface area contributed by atoms with Gasteiger partial charge >= 0.3 is 0 Å². The van der Waals surface area contributed by atoms with Crippen LogP contribution in [0.15, 0.2) is 18.2 Å². The maximum atomic E-state index is 11.8. The predicted octanol–water partition coefficient (Wildman–Crippen LogP) is 1.48. The highest BCUT2D eigenvalue weighted by atomic mass is 16.5. The fourth-order valence-electron chi connectivity index (χ4n) is 1.72. The van der Waals surface area contributed by atoms with Crippen LogP contribution in [-0.4, -0.2) is 26.7 Å². The molecular formula is C14H22N2O3. The molecule has 19 heavy (non-hydrogen) atoms. The van der Waals surface area contributed by atoms with Gasteiger partial charge < -0.3 is 20.5 Å². The van der Waals surface area contributed by atoms with Crippen molar-refractivity contribution in [3.05, 3.63) is 23.8 Å². The molecule has 0 aliphatic heterocycles. The fourth-order valence-corrected chi connectivity index (χ4v) is 1.72. The summed E-state index contributed by atoms with van der Waals surface area (Å²) < 4.78 is 10.5. The lowest BCUT2D eigenvalue weighted by Gasteiger charge is -2.20. The summed E-state index contributed by atoms with van der Waals surface area (Å²) in [4.78, 5) is 11.8. The Labute approximate surface area is 114 Å². The van der Waals surface area contributed by atoms with E-state index in [0.717, 1.165) is 11.3 Å². The van der Waals surface area contributed by atoms with E-state index in [2.05, 4.69) is 5.32 Å². The van der Waals surface area contributed by atoms with E-state index in [4.69, 9.17) is 15.2 Å². The van der Waals surface area contributed by atoms with Crippen molar-refractivity contribution in [1.29, 1.82) is 0 Å². The van der Waals surface area contributed by atoms with Crippen molar-refractivity contribution in [2.45, 2.75) is 19.9 Å². The standard InChI is InChI=1S/C14H22N2O3/c1-9(8-15)14(17)16-10(2)12-7-11(18-3)5-6-13(12)19-4/h5-7,9-10H,8,15H2,1-4H3,(H,16,17). The minimum absolute atomic E-state index is 0.0696. The van der Waals surface area contributed by atoms with Gasteiger partial charge in [-0.15, -0.1) is 0 Å². The second kappa shape index (κ2) is 6.99. The third-order valence-corrected chi connectivity index (χ3v) is 3.06. The highest BCUT2D eigenvalue weighted by Crippen LogP contribution is 2.29. The second-order valence-electron chi connectivity index (χ2n) is 4.47. The van der Waals surface area contributed by atoms with E-state index in [0.29, 0.717) is 12.3 Å². The van der Waals surface area contributed by atoms with Crippen LogP contribution in [0.25, 0.3) is 0 Å². The summed E-state index contributed by atoms with van der Waals surface area (Å²) in [5.74, 6) is 1.16. The molecule has 3 N–H and O–H groups in total. The van der Waals surface area contributed by atoms with Gasteiger partial charge in [0.2, 0.25) is 5.91 Å². The molecule has 1 aromatic carbocycles. The van der Waals surface area contributed by atoms with Crippen molar-refractivity contribution in [2.75, 3.05) is 20.8 Å². The van der Waals surface area contributed by atoms with Crippen LogP contribution in [0.1, 0.15) is 25.5 Å². The van der Waals surface area contributed by atoms with Gasteiger partial charge in [-0.3, -0.25) is 4.79 Å². The molecule has 2 atom stereocenters. The molecule has 1 rings (SSSR count). The molecule has 0 radical (unpaired) electrons. The van der Waals surface area contributed by atoms with E-state index >= 15 is 0 Å². The zero-order chi connectivity index (χ0) is 14.4. The molecule has 0 aromatic heterocycles. The molecule has 0 aliphatic rings. The van der Waals surface area contributed by atoms with Gasteiger partial charge in [0, 0.05) is 18.0 Å². The van der Waals surface area contributed by atoms with Crippen molar-refractivity contribution in [3.63, 3.8) is 0 Å². The number of methoxy groups -OCH3 is 2. The number of ether oxygens (including phenoxy) is 2. The Morgan fingerprint density at radius 2 is 2.00 bits per heavy atom. The maximum Gasteiger partial charge on any atom is 0.224 e. The number of amides is 1. The Balaban J connectivity index is 2.91. The summed E-state index contributed by atoms with van der Waals surface area (Å²) in [5, 5.41) is 2.92. The summed E-state index contributed by atoms with van der Waals surface area (Å²) in [6, 6.07) is 5.32. The monoisotopic (exact) mass is 266 g/mol. The summed E-state index contributed by atoms with van der Waals surface area (Å²) in [7, 11) is 3.20. The smallest absolute Gasteiger partial charge is 0.224 e. The zero-order valence-corrected chi connectivity index (χ0v) is 11.9. The number of carbonyl (C=O) groups excluding carboxylic acids is 1. The van der Waals surface area contributed by atoms with E-state index in [1.165, 1.54) is 0 Å². The minimum Gasteiger partial charge on any atom is -0.497 e. The molecule has 0 saturated heterocycles. The quantitative estimate of drug-likeness (QED) is 0.818. The number of nitrogens with one attached hydrogen (secondary N) is 1. The highest BCUT2D eigenvalue weighted by Gasteiger charge is 2.18. The molecule has 0 fully saturated rings. The number of benzene rings is 1. The molecule has 5 heteroatoms. The van der Waals surface area contributed by atoms with Gasteiger partial charge in [0.1, 0.15) is 11.5 Å². The van der Waals surface area contributed by atoms with Gasteiger partial charge in [0.15, 0.2) is 0 Å². The molecule has 0 bridgehead atoms. The van der Waals surface area contributed by atoms with Gasteiger partial charge in [-0.1, -0.05) is 6.92 Å². The molecule has 1 amide bonds. The Hall–Kier alpha value is -1.75. The second-order valence-corrected chi connectivity index (χ2v) is 4.47. The Bertz CT molecular complexity index is 435. The maximum absolute atomic E-state index is 11.8. The van der Waals surface area contributed by atoms with Crippen LogP contribution < -0.4 is 20.5 Å². The molecule has 5 nitrogen and oxygen atoms in total. The van der Waals surface area contributed by atoms with Crippen LogP contribution in [-0.2, 0) is 4.79 Å². The van der Waals surface area contributed by atoms with E-state index in [-0.39, 0.29) is 17.9 Å². The van der Waals surface area contributed by atoms with Crippen LogP contribution >= 0.6 is 0 Å². The first-order valence-corrected chi connectivity index (χ1v) is 6.25. The average Bonchev–Trinajstić information content (AvgIpc) is 2.45. The first-order chi connectivity index (χ1) is 9.03. The van der Waals surface area contributed by atoms with Gasteiger partial charge in [0.05, 0.1) is 20.3 Å². The molecule has 106 valence electrons. The number of hydrogen-bond donors (Lipinski definition) is 2. The molecule has 2 unspecified atom stereocenters. The van der Waals surface area contributed by atoms with Crippen LogP contribution in [0.5, 0.6) is 11.5 Å². The molecule has 1 aromatic rings. The Kier molecular flexibility index (Phi) is 5.63. The van der Waals surface area contributed by atoms with Gasteiger partial charge in [-0.05, 0) is 25.1 Å². The first-order valence-electron chi connectivity index (χ1n) is 6.25. The largest absolute Gasteiger partial charge is 0.497 e. The number of hydrogen-bond acceptors (Lipinski definition) is 4. The Morgan fingerprint density at radius 1 is 1.32 bits per heavy atom. The SMILES string of the molecule is COc1ccc(OC)c(C(C)NC(=O)C(C)CN)c1. The summed E-state index contributed by atoms with van der Waals surface area (Å²) >= 11 is 0. The molecular weight excluding hydrogens is 244 g/mol. The lowest BCUT2D eigenvalue weighted by Crippen LogP contribution is -2.35. The van der Waals surface area contributed by atoms with Crippen LogP contribution in [0.3, 0.4) is 0 Å². The third kappa shape index (κ3) is 3.86. The highest BCUT2D eigenvalue weighted by molar-refractivity contribution is 5.79. The van der Waals surface area contributed by atoms with E-state index in [1.54, 1.807) is 21.1 Å². The number of rotatable bonds is 6. The van der Waals surface area contributed by atoms with Crippen molar-refractivity contribution < 1.29 is 14.3 Å². The van der Waals surface area contributed by atoms with Crippen LogP contribution in [0.2, 0.25) is 0 Å². The number of nitrogens with two attached hydrogens (primary N) is 1. The summed E-state index contributed by atoms with van der Waals surface area (Å²) in [6.45, 7) is 4.02. The summed E-state index contributed by atoms with van der Waals surface area (Å²) in [5.41, 5.74) is 6.36. The Morgan fingerprint density at radius 3 is 2.53 bits per heavy atom. The molecule has 0 heterocycles. The van der Waals surface area contributed by atoms with Gasteiger partial charge in [-0.25, -0.2) is 0 Å². The first kappa shape index (κ1) is 15.3. The van der Waals surface area contributed by atoms with Crippen LogP contribution in [0, 0.1) is 5.92 Å². The van der Waals surface area contributed by atoms with E-state index in [9.17, 15) is 4.79 Å². The van der Waals surface area contributed by atoms with E-state index in [1.807, 2.05) is 25.1 Å². The lowest BCUT2D eigenvalue weighted by molar-refractivity contribution is -0.124. The zero-order valence-electron chi connectivity index (χ0n) is 11.9. The average molecular weight is 266 g/mol. The van der Waals surface area contributed by atoms with Crippen molar-refractivity contribution in [1.82, 2.24) is 5.32 Å².